The van der Waals surface area contributed by atoms with Crippen LogP contribution in [0.5, 0.6) is 0 Å². The van der Waals surface area contributed by atoms with Crippen LogP contribution in [-0.4, -0.2) is 43.5 Å². The molecule has 0 radical (unpaired) electrons. The van der Waals surface area contributed by atoms with E-state index < -0.39 is 0 Å². The first-order valence-electron chi connectivity index (χ1n) is 7.62. The van der Waals surface area contributed by atoms with E-state index in [1.165, 1.54) is 48.8 Å². The fraction of sp³-hybridized carbons (Fsp3) is 0.588. The Bertz CT molecular complexity index is 500. The molecule has 1 aromatic carbocycles. The van der Waals surface area contributed by atoms with Gasteiger partial charge in [-0.3, -0.25) is 4.90 Å². The Hall–Kier alpha value is -1.19. The largest absolute Gasteiger partial charge is 0.378 e. The standard InChI is InChI=1S/C17H24N2O/c1-12-8-17(13(2)7-15(12)9-18)14-3-5-19(6-4-14)16-10-20-11-16/h7-9,14,16,18H,3-6,10-11H2,1-2H3. The van der Waals surface area contributed by atoms with Crippen LogP contribution in [0.2, 0.25) is 0 Å². The summed E-state index contributed by atoms with van der Waals surface area (Å²) in [5, 5.41) is 7.45. The van der Waals surface area contributed by atoms with Gasteiger partial charge in [0.2, 0.25) is 0 Å². The predicted octanol–water partition coefficient (Wildman–Crippen LogP) is 2.88. The number of rotatable bonds is 3. The molecule has 0 unspecified atom stereocenters. The van der Waals surface area contributed by atoms with E-state index in [0.29, 0.717) is 12.0 Å². The zero-order chi connectivity index (χ0) is 14.1. The van der Waals surface area contributed by atoms with Crippen molar-refractivity contribution in [3.05, 3.63) is 34.4 Å². The molecule has 2 heterocycles. The summed E-state index contributed by atoms with van der Waals surface area (Å²) in [6, 6.07) is 5.16. The maximum atomic E-state index is 7.45. The summed E-state index contributed by atoms with van der Waals surface area (Å²) in [5.41, 5.74) is 5.13. The van der Waals surface area contributed by atoms with Crippen molar-refractivity contribution in [3.63, 3.8) is 0 Å². The van der Waals surface area contributed by atoms with Crippen LogP contribution >= 0.6 is 0 Å². The Morgan fingerprint density at radius 1 is 1.15 bits per heavy atom. The molecule has 1 N–H and O–H groups in total. The van der Waals surface area contributed by atoms with Crippen molar-refractivity contribution in [2.24, 2.45) is 0 Å². The van der Waals surface area contributed by atoms with Gasteiger partial charge in [0.15, 0.2) is 0 Å². The van der Waals surface area contributed by atoms with Crippen molar-refractivity contribution in [1.82, 2.24) is 4.90 Å². The topological polar surface area (TPSA) is 36.3 Å². The zero-order valence-electron chi connectivity index (χ0n) is 12.5. The summed E-state index contributed by atoms with van der Waals surface area (Å²) in [6.07, 6.45) is 3.97. The minimum atomic E-state index is 0.680. The molecule has 0 bridgehead atoms. The monoisotopic (exact) mass is 272 g/mol. The van der Waals surface area contributed by atoms with Crippen molar-refractivity contribution in [2.45, 2.75) is 38.6 Å². The summed E-state index contributed by atoms with van der Waals surface area (Å²) < 4.78 is 5.30. The van der Waals surface area contributed by atoms with Crippen LogP contribution in [0, 0.1) is 19.3 Å². The van der Waals surface area contributed by atoms with E-state index in [1.807, 2.05) is 0 Å². The molecule has 0 spiro atoms. The third-order valence-electron chi connectivity index (χ3n) is 4.92. The molecular weight excluding hydrogens is 248 g/mol. The molecule has 3 heteroatoms. The molecule has 3 rings (SSSR count). The average molecular weight is 272 g/mol. The quantitative estimate of drug-likeness (QED) is 0.859. The van der Waals surface area contributed by atoms with Gasteiger partial charge < -0.3 is 10.1 Å². The van der Waals surface area contributed by atoms with Crippen LogP contribution in [0.25, 0.3) is 0 Å². The number of nitrogens with zero attached hydrogens (tertiary/aromatic N) is 1. The Balaban J connectivity index is 1.71. The van der Waals surface area contributed by atoms with Gasteiger partial charge in [-0.05, 0) is 74.0 Å². The van der Waals surface area contributed by atoms with Gasteiger partial charge in [0.1, 0.15) is 0 Å². The first kappa shape index (κ1) is 13.8. The van der Waals surface area contributed by atoms with Gasteiger partial charge >= 0.3 is 0 Å². The number of hydrogen-bond donors (Lipinski definition) is 1. The van der Waals surface area contributed by atoms with Crippen LogP contribution in [-0.2, 0) is 4.74 Å². The second-order valence-corrected chi connectivity index (χ2v) is 6.21. The van der Waals surface area contributed by atoms with Crippen LogP contribution in [0.4, 0.5) is 0 Å². The van der Waals surface area contributed by atoms with Crippen LogP contribution in [0.3, 0.4) is 0 Å². The van der Waals surface area contributed by atoms with Gasteiger partial charge in [0.05, 0.1) is 19.3 Å². The van der Waals surface area contributed by atoms with Crippen molar-refractivity contribution in [2.75, 3.05) is 26.3 Å². The lowest BCUT2D eigenvalue weighted by molar-refractivity contribution is -0.0712. The van der Waals surface area contributed by atoms with E-state index in [2.05, 4.69) is 30.9 Å². The molecule has 2 aliphatic heterocycles. The molecule has 1 aromatic rings. The maximum Gasteiger partial charge on any atom is 0.0645 e. The maximum absolute atomic E-state index is 7.45. The van der Waals surface area contributed by atoms with Gasteiger partial charge in [-0.25, -0.2) is 0 Å². The first-order valence-corrected chi connectivity index (χ1v) is 7.62. The molecule has 0 amide bonds. The zero-order valence-corrected chi connectivity index (χ0v) is 12.5. The smallest absolute Gasteiger partial charge is 0.0645 e. The Labute approximate surface area is 121 Å². The minimum Gasteiger partial charge on any atom is -0.378 e. The summed E-state index contributed by atoms with van der Waals surface area (Å²) in [7, 11) is 0. The number of piperidine rings is 1. The van der Waals surface area contributed by atoms with Crippen LogP contribution < -0.4 is 0 Å². The molecule has 2 aliphatic rings. The van der Waals surface area contributed by atoms with Gasteiger partial charge in [0, 0.05) is 6.21 Å². The van der Waals surface area contributed by atoms with E-state index >= 15 is 0 Å². The highest BCUT2D eigenvalue weighted by atomic mass is 16.5. The second-order valence-electron chi connectivity index (χ2n) is 6.21. The van der Waals surface area contributed by atoms with Gasteiger partial charge in [-0.1, -0.05) is 6.07 Å². The third-order valence-corrected chi connectivity index (χ3v) is 4.92. The van der Waals surface area contributed by atoms with E-state index in [-0.39, 0.29) is 0 Å². The average Bonchev–Trinajstić information content (AvgIpc) is 2.40. The van der Waals surface area contributed by atoms with Gasteiger partial charge in [-0.15, -0.1) is 0 Å². The molecular formula is C17H24N2O. The Kier molecular flexibility index (Phi) is 3.90. The lowest BCUT2D eigenvalue weighted by atomic mass is 9.84. The Morgan fingerprint density at radius 3 is 2.40 bits per heavy atom. The lowest BCUT2D eigenvalue weighted by Crippen LogP contribution is -2.51. The number of hydrogen-bond acceptors (Lipinski definition) is 3. The molecule has 0 aliphatic carbocycles. The second kappa shape index (κ2) is 5.66. The number of benzene rings is 1. The summed E-state index contributed by atoms with van der Waals surface area (Å²) in [6.45, 7) is 8.55. The van der Waals surface area contributed by atoms with Gasteiger partial charge in [-0.2, -0.15) is 0 Å². The summed E-state index contributed by atoms with van der Waals surface area (Å²) >= 11 is 0. The molecule has 0 aromatic heterocycles. The highest BCUT2D eigenvalue weighted by Crippen LogP contribution is 2.32. The van der Waals surface area contributed by atoms with Gasteiger partial charge in [0.25, 0.3) is 0 Å². The predicted molar refractivity (Wildman–Crippen MR) is 82.0 cm³/mol. The highest BCUT2D eigenvalue weighted by molar-refractivity contribution is 5.79. The minimum absolute atomic E-state index is 0.680. The van der Waals surface area contributed by atoms with Crippen LogP contribution in [0.15, 0.2) is 12.1 Å². The van der Waals surface area contributed by atoms with E-state index in [4.69, 9.17) is 10.1 Å². The SMILES string of the molecule is Cc1cc(C2CCN(C3COC3)CC2)c(C)cc1C=N. The number of ether oxygens (including phenoxy) is 1. The lowest BCUT2D eigenvalue weighted by Gasteiger charge is -2.41. The van der Waals surface area contributed by atoms with Crippen molar-refractivity contribution in [1.29, 1.82) is 5.41 Å². The molecule has 0 atom stereocenters. The first-order chi connectivity index (χ1) is 9.69. The highest BCUT2D eigenvalue weighted by Gasteiger charge is 2.30. The molecule has 20 heavy (non-hydrogen) atoms. The molecule has 2 saturated heterocycles. The summed E-state index contributed by atoms with van der Waals surface area (Å²) in [5.74, 6) is 0.686. The fourth-order valence-electron chi connectivity index (χ4n) is 3.47. The van der Waals surface area contributed by atoms with E-state index in [0.717, 1.165) is 18.8 Å². The third kappa shape index (κ3) is 2.52. The molecule has 0 saturated carbocycles. The normalized spacial score (nSPS) is 21.7. The van der Waals surface area contributed by atoms with Crippen molar-refractivity contribution in [3.8, 4) is 0 Å². The van der Waals surface area contributed by atoms with Crippen molar-refractivity contribution >= 4 is 6.21 Å². The molecule has 2 fully saturated rings. The Morgan fingerprint density at radius 2 is 1.85 bits per heavy atom. The van der Waals surface area contributed by atoms with E-state index in [1.54, 1.807) is 0 Å². The number of likely N-dealkylation sites (tertiary alicyclic amines) is 1. The molecule has 108 valence electrons. The van der Waals surface area contributed by atoms with Crippen LogP contribution in [0.1, 0.15) is 41.0 Å². The number of aryl methyl sites for hydroxylation is 2. The number of nitrogens with one attached hydrogen (secondary N) is 1. The molecule has 3 nitrogen and oxygen atoms in total. The summed E-state index contributed by atoms with van der Waals surface area (Å²) in [4.78, 5) is 2.59. The fourth-order valence-corrected chi connectivity index (χ4v) is 3.47. The van der Waals surface area contributed by atoms with Crippen molar-refractivity contribution < 1.29 is 4.74 Å². The van der Waals surface area contributed by atoms with E-state index in [9.17, 15) is 0 Å².